The van der Waals surface area contributed by atoms with Gasteiger partial charge in [-0.05, 0) is 42.9 Å². The van der Waals surface area contributed by atoms with Gasteiger partial charge in [0, 0.05) is 11.3 Å². The molecule has 5 heteroatoms. The van der Waals surface area contributed by atoms with Crippen LogP contribution in [-0.2, 0) is 0 Å². The van der Waals surface area contributed by atoms with Crippen molar-refractivity contribution in [3.8, 4) is 5.75 Å². The summed E-state index contributed by atoms with van der Waals surface area (Å²) in [5, 5.41) is 7.69. The van der Waals surface area contributed by atoms with Gasteiger partial charge in [0.25, 0.3) is 0 Å². The first-order valence-corrected chi connectivity index (χ1v) is 8.57. The number of thiocarbonyl (C=S) groups is 1. The van der Waals surface area contributed by atoms with E-state index in [2.05, 4.69) is 22.8 Å². The van der Waals surface area contributed by atoms with Crippen LogP contribution < -0.4 is 15.5 Å². The van der Waals surface area contributed by atoms with Crippen molar-refractivity contribution in [1.82, 2.24) is 5.43 Å². The number of anilines is 1. The van der Waals surface area contributed by atoms with E-state index in [1.165, 1.54) is 12.8 Å². The molecular formula is C19H23N3OS. The minimum absolute atomic E-state index is 0.443. The summed E-state index contributed by atoms with van der Waals surface area (Å²) >= 11 is 5.22. The van der Waals surface area contributed by atoms with Crippen LogP contribution in [0.25, 0.3) is 0 Å². The lowest BCUT2D eigenvalue weighted by molar-refractivity contribution is 0.306. The van der Waals surface area contributed by atoms with Crippen molar-refractivity contribution in [2.75, 3.05) is 11.9 Å². The monoisotopic (exact) mass is 341 g/mol. The number of benzene rings is 2. The molecule has 0 fully saturated rings. The predicted molar refractivity (Wildman–Crippen MR) is 105 cm³/mol. The molecular weight excluding hydrogens is 318 g/mol. The first-order chi connectivity index (χ1) is 11.8. The highest BCUT2D eigenvalue weighted by Crippen LogP contribution is 2.16. The molecule has 0 aliphatic heterocycles. The maximum absolute atomic E-state index is 5.82. The summed E-state index contributed by atoms with van der Waals surface area (Å²) in [5.74, 6) is 0.834. The Kier molecular flexibility index (Phi) is 7.77. The van der Waals surface area contributed by atoms with Crippen LogP contribution in [0.3, 0.4) is 0 Å². The highest BCUT2D eigenvalue weighted by atomic mass is 32.1. The second-order valence-corrected chi connectivity index (χ2v) is 5.69. The smallest absolute Gasteiger partial charge is 0.191 e. The minimum atomic E-state index is 0.443. The van der Waals surface area contributed by atoms with E-state index >= 15 is 0 Å². The van der Waals surface area contributed by atoms with Gasteiger partial charge in [-0.1, -0.05) is 50.1 Å². The van der Waals surface area contributed by atoms with Crippen molar-refractivity contribution in [3.63, 3.8) is 0 Å². The van der Waals surface area contributed by atoms with E-state index in [1.807, 2.05) is 54.6 Å². The van der Waals surface area contributed by atoms with Crippen LogP contribution in [0.4, 0.5) is 5.69 Å². The van der Waals surface area contributed by atoms with Crippen molar-refractivity contribution in [3.05, 3.63) is 60.2 Å². The SMILES string of the molecule is CCCCCOc1ccccc1/C=N/NC(=S)Nc1ccccc1. The topological polar surface area (TPSA) is 45.6 Å². The fourth-order valence-electron chi connectivity index (χ4n) is 2.09. The summed E-state index contributed by atoms with van der Waals surface area (Å²) in [6, 6.07) is 17.6. The number of unbranched alkanes of at least 4 members (excludes halogenated alkanes) is 2. The van der Waals surface area contributed by atoms with Crippen molar-refractivity contribution < 1.29 is 4.74 Å². The lowest BCUT2D eigenvalue weighted by Gasteiger charge is -2.09. The van der Waals surface area contributed by atoms with Gasteiger partial charge in [0.05, 0.1) is 12.8 Å². The van der Waals surface area contributed by atoms with E-state index in [0.29, 0.717) is 5.11 Å². The zero-order valence-corrected chi connectivity index (χ0v) is 14.7. The molecule has 0 spiro atoms. The molecule has 0 amide bonds. The third kappa shape index (κ3) is 6.38. The Morgan fingerprint density at radius 3 is 2.62 bits per heavy atom. The minimum Gasteiger partial charge on any atom is -0.493 e. The van der Waals surface area contributed by atoms with Gasteiger partial charge in [-0.25, -0.2) is 0 Å². The van der Waals surface area contributed by atoms with E-state index in [1.54, 1.807) is 6.21 Å². The zero-order chi connectivity index (χ0) is 17.0. The number of rotatable bonds is 8. The van der Waals surface area contributed by atoms with Crippen LogP contribution >= 0.6 is 12.2 Å². The summed E-state index contributed by atoms with van der Waals surface area (Å²) in [6.07, 6.45) is 5.14. The molecule has 2 rings (SSSR count). The summed E-state index contributed by atoms with van der Waals surface area (Å²) in [6.45, 7) is 2.90. The van der Waals surface area contributed by atoms with Crippen LogP contribution in [0.5, 0.6) is 5.75 Å². The maximum Gasteiger partial charge on any atom is 0.191 e. The Bertz CT molecular complexity index is 659. The highest BCUT2D eigenvalue weighted by molar-refractivity contribution is 7.80. The average Bonchev–Trinajstić information content (AvgIpc) is 2.61. The summed E-state index contributed by atoms with van der Waals surface area (Å²) in [4.78, 5) is 0. The fourth-order valence-corrected chi connectivity index (χ4v) is 2.26. The van der Waals surface area contributed by atoms with Crippen molar-refractivity contribution in [1.29, 1.82) is 0 Å². The predicted octanol–water partition coefficient (Wildman–Crippen LogP) is 4.58. The molecule has 0 heterocycles. The van der Waals surface area contributed by atoms with Crippen molar-refractivity contribution in [2.24, 2.45) is 5.10 Å². The van der Waals surface area contributed by atoms with Crippen LogP contribution in [-0.4, -0.2) is 17.9 Å². The Hall–Kier alpha value is -2.40. The molecule has 0 unspecified atom stereocenters. The first-order valence-electron chi connectivity index (χ1n) is 8.16. The van der Waals surface area contributed by atoms with E-state index in [9.17, 15) is 0 Å². The van der Waals surface area contributed by atoms with E-state index in [-0.39, 0.29) is 0 Å². The van der Waals surface area contributed by atoms with Crippen molar-refractivity contribution >= 4 is 29.2 Å². The molecule has 0 bridgehead atoms. The molecule has 0 atom stereocenters. The molecule has 0 aliphatic rings. The fraction of sp³-hybridized carbons (Fsp3) is 0.263. The number of hydrogen-bond acceptors (Lipinski definition) is 3. The molecule has 0 saturated carbocycles. The molecule has 0 radical (unpaired) electrons. The number of nitrogens with one attached hydrogen (secondary N) is 2. The van der Waals surface area contributed by atoms with Crippen LogP contribution in [0.15, 0.2) is 59.7 Å². The Labute approximate surface area is 148 Å². The molecule has 2 aromatic rings. The summed E-state index contributed by atoms with van der Waals surface area (Å²) in [7, 11) is 0. The lowest BCUT2D eigenvalue weighted by Crippen LogP contribution is -2.23. The van der Waals surface area contributed by atoms with Gasteiger partial charge >= 0.3 is 0 Å². The van der Waals surface area contributed by atoms with Gasteiger partial charge in [0.15, 0.2) is 5.11 Å². The third-order valence-corrected chi connectivity index (χ3v) is 3.52. The molecule has 0 saturated heterocycles. The first kappa shape index (κ1) is 17.9. The second-order valence-electron chi connectivity index (χ2n) is 5.28. The Morgan fingerprint density at radius 1 is 1.08 bits per heavy atom. The average molecular weight is 341 g/mol. The maximum atomic E-state index is 5.82. The van der Waals surface area contributed by atoms with Crippen LogP contribution in [0.1, 0.15) is 31.7 Å². The largest absolute Gasteiger partial charge is 0.493 e. The van der Waals surface area contributed by atoms with Gasteiger partial charge in [-0.3, -0.25) is 5.43 Å². The quantitative estimate of drug-likeness (QED) is 0.319. The standard InChI is InChI=1S/C19H23N3OS/c1-2-3-9-14-23-18-13-8-7-10-16(18)15-20-22-19(24)21-17-11-5-4-6-12-17/h4-8,10-13,15H,2-3,9,14H2,1H3,(H2,21,22,24)/b20-15+. The van der Waals surface area contributed by atoms with Gasteiger partial charge in [-0.2, -0.15) is 5.10 Å². The van der Waals surface area contributed by atoms with Crippen LogP contribution in [0, 0.1) is 0 Å². The van der Waals surface area contributed by atoms with Gasteiger partial charge in [0.2, 0.25) is 0 Å². The molecule has 0 aliphatic carbocycles. The summed E-state index contributed by atoms with van der Waals surface area (Å²) in [5.41, 5.74) is 4.66. The molecule has 2 aromatic carbocycles. The van der Waals surface area contributed by atoms with Crippen molar-refractivity contribution in [2.45, 2.75) is 26.2 Å². The molecule has 2 N–H and O–H groups in total. The molecule has 4 nitrogen and oxygen atoms in total. The molecule has 126 valence electrons. The third-order valence-electron chi connectivity index (χ3n) is 3.33. The lowest BCUT2D eigenvalue weighted by atomic mass is 10.2. The van der Waals surface area contributed by atoms with E-state index in [0.717, 1.165) is 30.0 Å². The number of hydrazone groups is 1. The summed E-state index contributed by atoms with van der Waals surface area (Å²) < 4.78 is 5.82. The van der Waals surface area contributed by atoms with E-state index < -0.39 is 0 Å². The van der Waals surface area contributed by atoms with Gasteiger partial charge in [-0.15, -0.1) is 0 Å². The number of para-hydroxylation sites is 2. The molecule has 0 aromatic heterocycles. The second kappa shape index (κ2) is 10.4. The van der Waals surface area contributed by atoms with Crippen LogP contribution in [0.2, 0.25) is 0 Å². The van der Waals surface area contributed by atoms with Gasteiger partial charge < -0.3 is 10.1 Å². The molecule has 24 heavy (non-hydrogen) atoms. The zero-order valence-electron chi connectivity index (χ0n) is 13.9. The Morgan fingerprint density at radius 2 is 1.83 bits per heavy atom. The number of ether oxygens (including phenoxy) is 1. The van der Waals surface area contributed by atoms with Gasteiger partial charge in [0.1, 0.15) is 5.75 Å². The van der Waals surface area contributed by atoms with E-state index in [4.69, 9.17) is 17.0 Å². The Balaban J connectivity index is 1.86. The number of hydrogen-bond donors (Lipinski definition) is 2. The number of nitrogens with zero attached hydrogens (tertiary/aromatic N) is 1. The normalized spacial score (nSPS) is 10.5. The highest BCUT2D eigenvalue weighted by Gasteiger charge is 2.00.